The van der Waals surface area contributed by atoms with Gasteiger partial charge in [0, 0.05) is 13.3 Å². The zero-order chi connectivity index (χ0) is 10.4. The van der Waals surface area contributed by atoms with Gasteiger partial charge in [-0.15, -0.1) is 0 Å². The van der Waals surface area contributed by atoms with Gasteiger partial charge in [-0.25, -0.2) is 0 Å². The van der Waals surface area contributed by atoms with Crippen molar-refractivity contribution in [2.75, 3.05) is 0 Å². The second-order valence-electron chi connectivity index (χ2n) is 2.40. The molecule has 0 heterocycles. The van der Waals surface area contributed by atoms with Gasteiger partial charge in [-0.1, -0.05) is 6.58 Å². The molecule has 0 aliphatic heterocycles. The van der Waals surface area contributed by atoms with Gasteiger partial charge in [0.2, 0.25) is 5.91 Å². The molecule has 1 unspecified atom stereocenters. The fourth-order valence-corrected chi connectivity index (χ4v) is 0.700. The molecule has 0 radical (unpaired) electrons. The van der Waals surface area contributed by atoms with Crippen LogP contribution in [-0.2, 0) is 14.5 Å². The van der Waals surface area contributed by atoms with Gasteiger partial charge >= 0.3 is 0 Å². The number of amides is 1. The van der Waals surface area contributed by atoms with Gasteiger partial charge in [0.05, 0.1) is 17.8 Å². The van der Waals surface area contributed by atoms with E-state index in [1.807, 2.05) is 0 Å². The number of aliphatic carboxylic acids is 1. The van der Waals surface area contributed by atoms with E-state index in [4.69, 9.17) is 0 Å². The first-order chi connectivity index (χ1) is 5.97. The van der Waals surface area contributed by atoms with Crippen molar-refractivity contribution in [1.82, 2.24) is 5.32 Å². The topological polar surface area (TPSA) is 102 Å². The number of carbonyl (C=O) groups excluding carboxylic acids is 2. The van der Waals surface area contributed by atoms with Crippen molar-refractivity contribution >= 4 is 11.9 Å². The second kappa shape index (κ2) is 5.15. The van der Waals surface area contributed by atoms with Crippen LogP contribution in [-0.4, -0.2) is 17.9 Å². The number of hydrogen-bond acceptors (Lipinski definition) is 5. The van der Waals surface area contributed by atoms with Crippen LogP contribution in [0.2, 0.25) is 0 Å². The molecule has 74 valence electrons. The molecular formula is C7H9NO5-2. The molecule has 1 amide bonds. The summed E-state index contributed by atoms with van der Waals surface area (Å²) >= 11 is 0. The maximum atomic E-state index is 10.5. The maximum absolute atomic E-state index is 10.5. The molecule has 6 heteroatoms. The Balaban J connectivity index is 4.18. The quantitative estimate of drug-likeness (QED) is 0.290. The molecule has 1 N–H and O–H groups in total. The van der Waals surface area contributed by atoms with Gasteiger partial charge in [-0.05, 0) is 0 Å². The summed E-state index contributed by atoms with van der Waals surface area (Å²) in [5.41, 5.74) is 0. The molecule has 0 aliphatic rings. The largest absolute Gasteiger partial charge is 0.664 e. The maximum Gasteiger partial charge on any atom is 0.217 e. The Morgan fingerprint density at radius 3 is 2.46 bits per heavy atom. The molecule has 0 saturated heterocycles. The lowest BCUT2D eigenvalue weighted by Gasteiger charge is -2.21. The van der Waals surface area contributed by atoms with Gasteiger partial charge in [0.25, 0.3) is 0 Å². The van der Waals surface area contributed by atoms with Gasteiger partial charge in [0.15, 0.2) is 0 Å². The number of nitrogens with one attached hydrogen (secondary N) is 1. The molecule has 0 spiro atoms. The Kier molecular flexibility index (Phi) is 4.53. The second-order valence-corrected chi connectivity index (χ2v) is 2.40. The number of rotatable bonds is 5. The molecule has 0 aromatic rings. The summed E-state index contributed by atoms with van der Waals surface area (Å²) in [7, 11) is 0. The molecule has 1 atom stereocenters. The van der Waals surface area contributed by atoms with Crippen molar-refractivity contribution in [3.8, 4) is 0 Å². The van der Waals surface area contributed by atoms with E-state index in [0.717, 1.165) is 6.92 Å². The molecule has 13 heavy (non-hydrogen) atoms. The van der Waals surface area contributed by atoms with E-state index in [9.17, 15) is 20.0 Å². The zero-order valence-corrected chi connectivity index (χ0v) is 7.03. The average molecular weight is 187 g/mol. The van der Waals surface area contributed by atoms with Crippen molar-refractivity contribution < 1.29 is 24.8 Å². The highest BCUT2D eigenvalue weighted by molar-refractivity contribution is 5.81. The third-order valence-electron chi connectivity index (χ3n) is 1.21. The Bertz CT molecular complexity index is 225. The van der Waals surface area contributed by atoms with E-state index < -0.39 is 17.9 Å². The minimum absolute atomic E-state index is 0.275. The third kappa shape index (κ3) is 4.81. The molecule has 0 aliphatic carbocycles. The van der Waals surface area contributed by atoms with E-state index in [0.29, 0.717) is 0 Å². The molecule has 0 rings (SSSR count). The van der Waals surface area contributed by atoms with E-state index in [1.54, 1.807) is 0 Å². The SMILES string of the molecule is C=C(CC(NC(C)=O)C(=O)[O-])O[O-]. The molecular weight excluding hydrogens is 178 g/mol. The number of carbonyl (C=O) groups is 2. The predicted octanol–water partition coefficient (Wildman–Crippen LogP) is -2.56. The lowest BCUT2D eigenvalue weighted by Crippen LogP contribution is -2.47. The van der Waals surface area contributed by atoms with Crippen molar-refractivity contribution in [3.05, 3.63) is 12.3 Å². The van der Waals surface area contributed by atoms with Crippen LogP contribution >= 0.6 is 0 Å². The van der Waals surface area contributed by atoms with Crippen LogP contribution in [0.3, 0.4) is 0 Å². The van der Waals surface area contributed by atoms with E-state index in [2.05, 4.69) is 16.8 Å². The molecule has 0 aromatic carbocycles. The van der Waals surface area contributed by atoms with Crippen molar-refractivity contribution in [2.45, 2.75) is 19.4 Å². The third-order valence-corrected chi connectivity index (χ3v) is 1.21. The molecule has 6 nitrogen and oxygen atoms in total. The lowest BCUT2D eigenvalue weighted by atomic mass is 10.2. The standard InChI is InChI=1S/C7H11NO5/c1-4(13-12)3-6(7(10)11)8-5(2)9/h6,12H,1,3H2,2H3,(H,8,9)(H,10,11)/p-2. The molecule has 0 fully saturated rings. The van der Waals surface area contributed by atoms with Gasteiger partial charge < -0.3 is 25.4 Å². The summed E-state index contributed by atoms with van der Waals surface area (Å²) in [6.07, 6.45) is -0.300. The van der Waals surface area contributed by atoms with Crippen LogP contribution in [0.15, 0.2) is 12.3 Å². The fraction of sp³-hybridized carbons (Fsp3) is 0.429. The smallest absolute Gasteiger partial charge is 0.217 e. The summed E-state index contributed by atoms with van der Waals surface area (Å²) in [6.45, 7) is 4.28. The number of hydrogen-bond donors (Lipinski definition) is 1. The summed E-state index contributed by atoms with van der Waals surface area (Å²) in [5, 5.41) is 22.2. The minimum Gasteiger partial charge on any atom is -0.664 e. The van der Waals surface area contributed by atoms with Gasteiger partial charge in [-0.3, -0.25) is 4.79 Å². The molecule has 0 saturated carbocycles. The monoisotopic (exact) mass is 187 g/mol. The van der Waals surface area contributed by atoms with E-state index in [-0.39, 0.29) is 12.2 Å². The fourth-order valence-electron chi connectivity index (χ4n) is 0.700. The highest BCUT2D eigenvalue weighted by Crippen LogP contribution is 2.01. The van der Waals surface area contributed by atoms with Crippen molar-refractivity contribution in [1.29, 1.82) is 0 Å². The predicted molar refractivity (Wildman–Crippen MR) is 37.5 cm³/mol. The van der Waals surface area contributed by atoms with Crippen molar-refractivity contribution in [3.63, 3.8) is 0 Å². The lowest BCUT2D eigenvalue weighted by molar-refractivity contribution is -0.672. The van der Waals surface area contributed by atoms with E-state index >= 15 is 0 Å². The van der Waals surface area contributed by atoms with Crippen LogP contribution in [0.1, 0.15) is 13.3 Å². The highest BCUT2D eigenvalue weighted by Gasteiger charge is 2.12. The van der Waals surface area contributed by atoms with Crippen LogP contribution in [0.4, 0.5) is 0 Å². The Labute approximate surface area is 74.7 Å². The van der Waals surface area contributed by atoms with Gasteiger partial charge in [-0.2, -0.15) is 0 Å². The van der Waals surface area contributed by atoms with Crippen molar-refractivity contribution in [2.24, 2.45) is 0 Å². The van der Waals surface area contributed by atoms with Crippen LogP contribution in [0.5, 0.6) is 0 Å². The number of carboxylic acid groups (broad SMARTS) is 1. The van der Waals surface area contributed by atoms with Crippen LogP contribution < -0.4 is 15.7 Å². The molecule has 0 bridgehead atoms. The first kappa shape index (κ1) is 11.4. The Morgan fingerprint density at radius 1 is 1.62 bits per heavy atom. The first-order valence-corrected chi connectivity index (χ1v) is 3.43. The Morgan fingerprint density at radius 2 is 2.15 bits per heavy atom. The van der Waals surface area contributed by atoms with Crippen LogP contribution in [0.25, 0.3) is 0 Å². The van der Waals surface area contributed by atoms with E-state index in [1.165, 1.54) is 0 Å². The Hall–Kier alpha value is -1.56. The first-order valence-electron chi connectivity index (χ1n) is 3.43. The number of carboxylic acids is 1. The van der Waals surface area contributed by atoms with Crippen LogP contribution in [0, 0.1) is 0 Å². The summed E-state index contributed by atoms with van der Waals surface area (Å²) in [6, 6.07) is -1.28. The normalized spacial score (nSPS) is 11.5. The minimum atomic E-state index is -1.49. The summed E-state index contributed by atoms with van der Waals surface area (Å²) in [4.78, 5) is 24.3. The van der Waals surface area contributed by atoms with Gasteiger partial charge in [0.1, 0.15) is 0 Å². The zero-order valence-electron chi connectivity index (χ0n) is 7.03. The highest BCUT2D eigenvalue weighted by atomic mass is 17.1. The summed E-state index contributed by atoms with van der Waals surface area (Å²) < 4.78 is 0. The molecule has 0 aromatic heterocycles. The summed E-state index contributed by atoms with van der Waals surface area (Å²) in [5.74, 6) is -2.30. The average Bonchev–Trinajstić information content (AvgIpc) is 2.02.